The summed E-state index contributed by atoms with van der Waals surface area (Å²) in [6.45, 7) is 6.70. The lowest BCUT2D eigenvalue weighted by Crippen LogP contribution is -2.40. The SMILES string of the molecule is CC(C)(C)OC(=O)NC1CCN(c2cnc(Oc3ccc(Oc4ccccc4)cc3)c(C(N)=O)c2)C1. The molecular weight excluding hydrogens is 460 g/mol. The monoisotopic (exact) mass is 490 g/mol. The van der Waals surface area contributed by atoms with Crippen LogP contribution in [-0.4, -0.2) is 41.7 Å². The second-order valence-electron chi connectivity index (χ2n) is 9.48. The maximum atomic E-state index is 12.2. The van der Waals surface area contributed by atoms with Crippen LogP contribution in [0.4, 0.5) is 10.5 Å². The predicted octanol–water partition coefficient (Wildman–Crippen LogP) is 4.87. The molecule has 0 aliphatic carbocycles. The number of para-hydroxylation sites is 1. The van der Waals surface area contributed by atoms with Crippen LogP contribution in [0.5, 0.6) is 23.1 Å². The van der Waals surface area contributed by atoms with Gasteiger partial charge in [-0.25, -0.2) is 9.78 Å². The quantitative estimate of drug-likeness (QED) is 0.485. The minimum atomic E-state index is -0.647. The van der Waals surface area contributed by atoms with Gasteiger partial charge in [0.15, 0.2) is 0 Å². The summed E-state index contributed by atoms with van der Waals surface area (Å²) in [4.78, 5) is 30.6. The molecule has 9 nitrogen and oxygen atoms in total. The second-order valence-corrected chi connectivity index (χ2v) is 9.48. The minimum Gasteiger partial charge on any atom is -0.457 e. The van der Waals surface area contributed by atoms with E-state index in [2.05, 4.69) is 10.3 Å². The fourth-order valence-electron chi connectivity index (χ4n) is 3.77. The number of anilines is 1. The second kappa shape index (κ2) is 10.6. The molecule has 3 N–H and O–H groups in total. The molecule has 0 radical (unpaired) electrons. The third-order valence-corrected chi connectivity index (χ3v) is 5.39. The van der Waals surface area contributed by atoms with E-state index < -0.39 is 17.6 Å². The third kappa shape index (κ3) is 6.65. The van der Waals surface area contributed by atoms with Gasteiger partial charge in [0, 0.05) is 13.1 Å². The summed E-state index contributed by atoms with van der Waals surface area (Å²) in [5.41, 5.74) is 5.95. The van der Waals surface area contributed by atoms with Gasteiger partial charge in [-0.3, -0.25) is 4.79 Å². The molecule has 0 bridgehead atoms. The minimum absolute atomic E-state index is 0.0792. The van der Waals surface area contributed by atoms with Crippen molar-refractivity contribution in [2.75, 3.05) is 18.0 Å². The predicted molar refractivity (Wildman–Crippen MR) is 136 cm³/mol. The van der Waals surface area contributed by atoms with Gasteiger partial charge in [-0.15, -0.1) is 0 Å². The van der Waals surface area contributed by atoms with Gasteiger partial charge in [0.1, 0.15) is 28.4 Å². The van der Waals surface area contributed by atoms with Crippen molar-refractivity contribution in [3.8, 4) is 23.1 Å². The number of carbonyl (C=O) groups is 2. The van der Waals surface area contributed by atoms with Crippen LogP contribution in [0.15, 0.2) is 66.9 Å². The van der Waals surface area contributed by atoms with E-state index in [4.69, 9.17) is 19.9 Å². The van der Waals surface area contributed by atoms with Crippen LogP contribution >= 0.6 is 0 Å². The number of hydrogen-bond donors (Lipinski definition) is 2. The van der Waals surface area contributed by atoms with Gasteiger partial charge in [0.2, 0.25) is 5.88 Å². The molecule has 1 aromatic heterocycles. The Balaban J connectivity index is 1.41. The summed E-state index contributed by atoms with van der Waals surface area (Å²) < 4.78 is 17.0. The number of aromatic nitrogens is 1. The lowest BCUT2D eigenvalue weighted by Gasteiger charge is -2.22. The highest BCUT2D eigenvalue weighted by Crippen LogP contribution is 2.30. The lowest BCUT2D eigenvalue weighted by atomic mass is 10.2. The van der Waals surface area contributed by atoms with Gasteiger partial charge in [-0.2, -0.15) is 0 Å². The number of nitrogens with one attached hydrogen (secondary N) is 1. The summed E-state index contributed by atoms with van der Waals surface area (Å²) in [7, 11) is 0. The molecule has 1 saturated heterocycles. The van der Waals surface area contributed by atoms with Crippen LogP contribution in [0.25, 0.3) is 0 Å². The first-order chi connectivity index (χ1) is 17.2. The van der Waals surface area contributed by atoms with Crippen LogP contribution in [0.1, 0.15) is 37.6 Å². The van der Waals surface area contributed by atoms with Crippen LogP contribution in [0.3, 0.4) is 0 Å². The largest absolute Gasteiger partial charge is 0.457 e. The number of primary amides is 1. The molecule has 3 aromatic rings. The number of rotatable bonds is 7. The van der Waals surface area contributed by atoms with Gasteiger partial charge in [0.05, 0.1) is 17.9 Å². The Labute approximate surface area is 210 Å². The van der Waals surface area contributed by atoms with Crippen molar-refractivity contribution in [3.63, 3.8) is 0 Å². The topological polar surface area (TPSA) is 116 Å². The highest BCUT2D eigenvalue weighted by atomic mass is 16.6. The number of ether oxygens (including phenoxy) is 3. The Morgan fingerprint density at radius 2 is 1.64 bits per heavy atom. The highest BCUT2D eigenvalue weighted by molar-refractivity contribution is 5.96. The summed E-state index contributed by atoms with van der Waals surface area (Å²) >= 11 is 0. The summed E-state index contributed by atoms with van der Waals surface area (Å²) in [6.07, 6.45) is 1.92. The zero-order chi connectivity index (χ0) is 25.7. The van der Waals surface area contributed by atoms with E-state index in [1.54, 1.807) is 36.5 Å². The molecule has 1 unspecified atom stereocenters. The molecule has 188 valence electrons. The lowest BCUT2D eigenvalue weighted by molar-refractivity contribution is 0.0509. The zero-order valence-corrected chi connectivity index (χ0v) is 20.6. The van der Waals surface area contributed by atoms with Crippen LogP contribution in [-0.2, 0) is 4.74 Å². The Bertz CT molecular complexity index is 1210. The summed E-state index contributed by atoms with van der Waals surface area (Å²) in [5.74, 6) is 1.33. The Hall–Kier alpha value is -4.27. The van der Waals surface area contributed by atoms with Crippen LogP contribution < -0.4 is 25.4 Å². The molecule has 4 rings (SSSR count). The molecule has 1 atom stereocenters. The third-order valence-electron chi connectivity index (χ3n) is 5.39. The number of hydrogen-bond acceptors (Lipinski definition) is 7. The first-order valence-corrected chi connectivity index (χ1v) is 11.7. The Morgan fingerprint density at radius 3 is 2.28 bits per heavy atom. The number of amides is 2. The fraction of sp³-hybridized carbons (Fsp3) is 0.296. The maximum Gasteiger partial charge on any atom is 0.407 e. The smallest absolute Gasteiger partial charge is 0.407 e. The Kier molecular flexibility index (Phi) is 7.28. The van der Waals surface area contributed by atoms with E-state index in [-0.39, 0.29) is 17.5 Å². The number of benzene rings is 2. The number of nitrogens with two attached hydrogens (primary N) is 1. The van der Waals surface area contributed by atoms with Crippen molar-refractivity contribution in [2.45, 2.75) is 38.8 Å². The summed E-state index contributed by atoms with van der Waals surface area (Å²) in [6, 6.07) is 18.0. The first-order valence-electron chi connectivity index (χ1n) is 11.7. The van der Waals surface area contributed by atoms with E-state index >= 15 is 0 Å². The van der Waals surface area contributed by atoms with Crippen molar-refractivity contribution >= 4 is 17.7 Å². The van der Waals surface area contributed by atoms with Crippen molar-refractivity contribution < 1.29 is 23.8 Å². The number of pyridine rings is 1. The van der Waals surface area contributed by atoms with E-state index in [0.29, 0.717) is 24.6 Å². The standard InChI is InChI=1S/C27H30N4O5/c1-27(2,3)36-26(33)30-18-13-14-31(17-18)19-15-23(24(28)32)25(29-16-19)35-22-11-9-21(10-12-22)34-20-7-5-4-6-8-20/h4-12,15-16,18H,13-14,17H2,1-3H3,(H2,28,32)(H,30,33). The van der Waals surface area contributed by atoms with E-state index in [1.807, 2.05) is 56.0 Å². The van der Waals surface area contributed by atoms with Gasteiger partial charge in [0.25, 0.3) is 5.91 Å². The molecule has 1 aliphatic heterocycles. The zero-order valence-electron chi connectivity index (χ0n) is 20.6. The molecule has 9 heteroatoms. The van der Waals surface area contributed by atoms with Crippen molar-refractivity contribution in [3.05, 3.63) is 72.4 Å². The van der Waals surface area contributed by atoms with E-state index in [1.165, 1.54) is 0 Å². The fourth-order valence-corrected chi connectivity index (χ4v) is 3.77. The van der Waals surface area contributed by atoms with Gasteiger partial charge in [-0.05, 0) is 69.7 Å². The average Bonchev–Trinajstić information content (AvgIpc) is 3.28. The molecule has 2 heterocycles. The normalized spacial score (nSPS) is 15.3. The van der Waals surface area contributed by atoms with Gasteiger partial charge in [-0.1, -0.05) is 18.2 Å². The molecular formula is C27H30N4O5. The van der Waals surface area contributed by atoms with Crippen LogP contribution in [0.2, 0.25) is 0 Å². The number of carbonyl (C=O) groups excluding carboxylic acids is 2. The Morgan fingerprint density at radius 1 is 1.00 bits per heavy atom. The molecule has 1 aliphatic rings. The van der Waals surface area contributed by atoms with E-state index in [9.17, 15) is 9.59 Å². The average molecular weight is 491 g/mol. The van der Waals surface area contributed by atoms with Gasteiger partial charge < -0.3 is 30.2 Å². The summed E-state index contributed by atoms with van der Waals surface area (Å²) in [5, 5.41) is 2.89. The molecule has 0 spiro atoms. The van der Waals surface area contributed by atoms with Crippen molar-refractivity contribution in [1.29, 1.82) is 0 Å². The number of nitrogens with zero attached hydrogens (tertiary/aromatic N) is 2. The molecule has 1 fully saturated rings. The van der Waals surface area contributed by atoms with Crippen molar-refractivity contribution in [2.24, 2.45) is 5.73 Å². The van der Waals surface area contributed by atoms with Crippen molar-refractivity contribution in [1.82, 2.24) is 10.3 Å². The molecule has 2 aromatic carbocycles. The highest BCUT2D eigenvalue weighted by Gasteiger charge is 2.27. The molecule has 36 heavy (non-hydrogen) atoms. The molecule has 0 saturated carbocycles. The van der Waals surface area contributed by atoms with E-state index in [0.717, 1.165) is 17.9 Å². The van der Waals surface area contributed by atoms with Gasteiger partial charge >= 0.3 is 6.09 Å². The first kappa shape index (κ1) is 24.8. The number of alkyl carbamates (subject to hydrolysis) is 1. The van der Waals surface area contributed by atoms with Crippen LogP contribution in [0, 0.1) is 0 Å². The molecule has 2 amide bonds. The maximum absolute atomic E-state index is 12.2.